The fourth-order valence-electron chi connectivity index (χ4n) is 2.71. The number of rotatable bonds is 11. The van der Waals surface area contributed by atoms with E-state index in [0.29, 0.717) is 13.0 Å². The summed E-state index contributed by atoms with van der Waals surface area (Å²) in [6.07, 6.45) is 1.70. The highest BCUT2D eigenvalue weighted by Crippen LogP contribution is 2.13. The third-order valence-electron chi connectivity index (χ3n) is 4.44. The Hall–Kier alpha value is -2.64. The zero-order valence-electron chi connectivity index (χ0n) is 17.0. The summed E-state index contributed by atoms with van der Waals surface area (Å²) in [6, 6.07) is 16.1. The minimum atomic E-state index is -3.67. The lowest BCUT2D eigenvalue weighted by molar-refractivity contribution is -0.121. The molecule has 0 aliphatic carbocycles. The normalized spacial score (nSPS) is 11.3. The number of nitrogens with one attached hydrogen (secondary N) is 2. The molecule has 6 nitrogen and oxygen atoms in total. The molecule has 2 aromatic carbocycles. The second-order valence-electron chi connectivity index (χ2n) is 6.78. The van der Waals surface area contributed by atoms with E-state index in [4.69, 9.17) is 0 Å². The predicted molar refractivity (Wildman–Crippen MR) is 117 cm³/mol. The minimum Gasteiger partial charge on any atom is -0.385 e. The van der Waals surface area contributed by atoms with Gasteiger partial charge in [-0.05, 0) is 36.1 Å². The van der Waals surface area contributed by atoms with E-state index in [2.05, 4.69) is 24.1 Å². The number of benzene rings is 2. The molecule has 0 aromatic heterocycles. The van der Waals surface area contributed by atoms with Crippen LogP contribution in [-0.2, 0) is 21.2 Å². The van der Waals surface area contributed by atoms with Gasteiger partial charge in [0.05, 0.1) is 11.4 Å². The lowest BCUT2D eigenvalue weighted by Gasteiger charge is -2.17. The molecule has 0 saturated carbocycles. The van der Waals surface area contributed by atoms with Crippen molar-refractivity contribution in [1.29, 1.82) is 0 Å². The Bertz CT molecular complexity index is 910. The van der Waals surface area contributed by atoms with E-state index >= 15 is 0 Å². The first kappa shape index (κ1) is 22.6. The summed E-state index contributed by atoms with van der Waals surface area (Å²) in [5.74, 6) is -0.333. The SMILES string of the molecule is C=C(NCCC)c1ccc(CCNC(=O)CN(C)S(=O)(=O)c2ccccc2)cc1. The molecule has 0 radical (unpaired) electrons. The summed E-state index contributed by atoms with van der Waals surface area (Å²) in [4.78, 5) is 12.3. The number of hydrogen-bond acceptors (Lipinski definition) is 4. The Morgan fingerprint density at radius 1 is 1.00 bits per heavy atom. The Kier molecular flexibility index (Phi) is 8.42. The van der Waals surface area contributed by atoms with E-state index < -0.39 is 10.0 Å². The molecule has 0 saturated heterocycles. The molecule has 29 heavy (non-hydrogen) atoms. The summed E-state index contributed by atoms with van der Waals surface area (Å²) in [5, 5.41) is 6.04. The number of likely N-dealkylation sites (N-methyl/N-ethyl adjacent to an activating group) is 1. The van der Waals surface area contributed by atoms with Crippen molar-refractivity contribution in [1.82, 2.24) is 14.9 Å². The molecule has 7 heteroatoms. The maximum absolute atomic E-state index is 12.4. The Labute approximate surface area is 173 Å². The van der Waals surface area contributed by atoms with Crippen LogP contribution in [0.3, 0.4) is 0 Å². The van der Waals surface area contributed by atoms with Gasteiger partial charge < -0.3 is 10.6 Å². The van der Waals surface area contributed by atoms with Crippen molar-refractivity contribution >= 4 is 21.6 Å². The fourth-order valence-corrected chi connectivity index (χ4v) is 3.86. The highest BCUT2D eigenvalue weighted by Gasteiger charge is 2.22. The molecular weight excluding hydrogens is 386 g/mol. The summed E-state index contributed by atoms with van der Waals surface area (Å²) in [7, 11) is -2.27. The summed E-state index contributed by atoms with van der Waals surface area (Å²) < 4.78 is 26.0. The lowest BCUT2D eigenvalue weighted by Crippen LogP contribution is -2.39. The molecular formula is C22H29N3O3S. The van der Waals surface area contributed by atoms with Gasteiger partial charge >= 0.3 is 0 Å². The molecule has 0 fully saturated rings. The molecule has 0 bridgehead atoms. The molecule has 0 spiro atoms. The number of sulfonamides is 1. The van der Waals surface area contributed by atoms with Crippen LogP contribution in [-0.4, -0.2) is 45.3 Å². The van der Waals surface area contributed by atoms with Gasteiger partial charge in [0.15, 0.2) is 0 Å². The van der Waals surface area contributed by atoms with E-state index in [-0.39, 0.29) is 17.3 Å². The molecule has 2 N–H and O–H groups in total. The highest BCUT2D eigenvalue weighted by molar-refractivity contribution is 7.89. The van der Waals surface area contributed by atoms with Gasteiger partial charge in [-0.25, -0.2) is 8.42 Å². The number of hydrogen-bond donors (Lipinski definition) is 2. The Balaban J connectivity index is 1.80. The van der Waals surface area contributed by atoms with Crippen LogP contribution in [0.5, 0.6) is 0 Å². The van der Waals surface area contributed by atoms with Gasteiger partial charge in [0.2, 0.25) is 15.9 Å². The van der Waals surface area contributed by atoms with E-state index in [1.807, 2.05) is 24.3 Å². The number of nitrogens with zero attached hydrogens (tertiary/aromatic N) is 1. The van der Waals surface area contributed by atoms with Crippen LogP contribution < -0.4 is 10.6 Å². The molecule has 0 aliphatic rings. The molecule has 0 heterocycles. The van der Waals surface area contributed by atoms with Crippen molar-refractivity contribution in [3.63, 3.8) is 0 Å². The zero-order valence-corrected chi connectivity index (χ0v) is 17.8. The predicted octanol–water partition coefficient (Wildman–Crippen LogP) is 2.64. The lowest BCUT2D eigenvalue weighted by atomic mass is 10.1. The molecule has 0 atom stereocenters. The van der Waals surface area contributed by atoms with Crippen LogP contribution in [0.2, 0.25) is 0 Å². The molecule has 156 valence electrons. The van der Waals surface area contributed by atoms with Gasteiger partial charge in [-0.1, -0.05) is 56.0 Å². The Morgan fingerprint density at radius 2 is 1.66 bits per heavy atom. The maximum Gasteiger partial charge on any atom is 0.243 e. The summed E-state index contributed by atoms with van der Waals surface area (Å²) in [6.45, 7) is 7.23. The summed E-state index contributed by atoms with van der Waals surface area (Å²) in [5.41, 5.74) is 3.02. The van der Waals surface area contributed by atoms with Crippen LogP contribution in [0.4, 0.5) is 0 Å². The minimum absolute atomic E-state index is 0.172. The first-order chi connectivity index (χ1) is 13.8. The second-order valence-corrected chi connectivity index (χ2v) is 8.82. The highest BCUT2D eigenvalue weighted by atomic mass is 32.2. The fraction of sp³-hybridized carbons (Fsp3) is 0.318. The van der Waals surface area contributed by atoms with E-state index in [0.717, 1.165) is 34.1 Å². The van der Waals surface area contributed by atoms with Gasteiger partial charge in [-0.2, -0.15) is 4.31 Å². The quantitative estimate of drug-likeness (QED) is 0.591. The monoisotopic (exact) mass is 415 g/mol. The smallest absolute Gasteiger partial charge is 0.243 e. The average Bonchev–Trinajstić information content (AvgIpc) is 2.73. The van der Waals surface area contributed by atoms with Crippen LogP contribution in [0.15, 0.2) is 66.1 Å². The van der Waals surface area contributed by atoms with E-state index in [1.165, 1.54) is 19.2 Å². The van der Waals surface area contributed by atoms with Gasteiger partial charge in [0, 0.05) is 25.8 Å². The average molecular weight is 416 g/mol. The van der Waals surface area contributed by atoms with Gasteiger partial charge in [0.1, 0.15) is 0 Å². The standard InChI is InChI=1S/C22H29N3O3S/c1-4-15-23-18(2)20-12-10-19(11-13-20)14-16-24-22(26)17-25(3)29(27,28)21-8-6-5-7-9-21/h5-13,23H,2,4,14-17H2,1,3H3,(H,24,26). The number of amides is 1. The van der Waals surface area contributed by atoms with Gasteiger partial charge in [-0.3, -0.25) is 4.79 Å². The van der Waals surface area contributed by atoms with Crippen LogP contribution in [0.25, 0.3) is 5.70 Å². The van der Waals surface area contributed by atoms with E-state index in [9.17, 15) is 13.2 Å². The molecule has 0 unspecified atom stereocenters. The first-order valence-electron chi connectivity index (χ1n) is 9.64. The first-order valence-corrected chi connectivity index (χ1v) is 11.1. The van der Waals surface area contributed by atoms with Crippen LogP contribution >= 0.6 is 0 Å². The third kappa shape index (κ3) is 6.73. The van der Waals surface area contributed by atoms with Crippen molar-refractivity contribution in [2.24, 2.45) is 0 Å². The van der Waals surface area contributed by atoms with Crippen molar-refractivity contribution in [2.45, 2.75) is 24.7 Å². The second kappa shape index (κ2) is 10.8. The van der Waals surface area contributed by atoms with Crippen molar-refractivity contribution in [3.8, 4) is 0 Å². The van der Waals surface area contributed by atoms with Crippen molar-refractivity contribution < 1.29 is 13.2 Å². The number of carbonyl (C=O) groups is 1. The van der Waals surface area contributed by atoms with Crippen LogP contribution in [0, 0.1) is 0 Å². The van der Waals surface area contributed by atoms with Gasteiger partial charge in [-0.15, -0.1) is 0 Å². The molecule has 2 aromatic rings. The number of carbonyl (C=O) groups excluding carboxylic acids is 1. The topological polar surface area (TPSA) is 78.5 Å². The van der Waals surface area contributed by atoms with Crippen molar-refractivity contribution in [3.05, 3.63) is 72.3 Å². The van der Waals surface area contributed by atoms with E-state index in [1.54, 1.807) is 18.2 Å². The summed E-state index contributed by atoms with van der Waals surface area (Å²) >= 11 is 0. The largest absolute Gasteiger partial charge is 0.385 e. The third-order valence-corrected chi connectivity index (χ3v) is 6.26. The zero-order chi connectivity index (χ0) is 21.3. The molecule has 1 amide bonds. The maximum atomic E-state index is 12.4. The van der Waals surface area contributed by atoms with Gasteiger partial charge in [0.25, 0.3) is 0 Å². The van der Waals surface area contributed by atoms with Crippen LogP contribution in [0.1, 0.15) is 24.5 Å². The Morgan fingerprint density at radius 3 is 2.28 bits per heavy atom. The van der Waals surface area contributed by atoms with Crippen molar-refractivity contribution in [2.75, 3.05) is 26.7 Å². The molecule has 2 rings (SSSR count). The molecule has 0 aliphatic heterocycles.